The molecule has 2 N–H and O–H groups in total. The lowest BCUT2D eigenvalue weighted by Gasteiger charge is -2.36. The van der Waals surface area contributed by atoms with E-state index in [1.165, 1.54) is 0 Å². The van der Waals surface area contributed by atoms with Crippen LogP contribution in [0.2, 0.25) is 0 Å². The molecule has 2 unspecified atom stereocenters. The van der Waals surface area contributed by atoms with Crippen LogP contribution in [-0.4, -0.2) is 66.2 Å². The van der Waals surface area contributed by atoms with E-state index < -0.39 is 12.0 Å². The molecule has 152 valence electrons. The van der Waals surface area contributed by atoms with E-state index in [0.29, 0.717) is 26.1 Å². The van der Waals surface area contributed by atoms with Gasteiger partial charge in [0.2, 0.25) is 11.8 Å². The molecule has 2 amide bonds. The fourth-order valence-corrected chi connectivity index (χ4v) is 3.46. The smallest absolute Gasteiger partial charge is 0.308 e. The topological polar surface area (TPSA) is 97.0 Å². The summed E-state index contributed by atoms with van der Waals surface area (Å²) < 4.78 is 10.7. The second-order valence-corrected chi connectivity index (χ2v) is 7.22. The standard InChI is InChI=1S/C18H29N3O5S/c1-2-3-4-7-15(22)20-18(27)21-9-8-19-17(24)14(21)11-16(23)26-12-13-6-5-10-25-13/h13-14H,2-12H2,1H3,(H,19,24)(H,20,22,27). The number of amides is 2. The van der Waals surface area contributed by atoms with Crippen molar-refractivity contribution in [2.75, 3.05) is 26.3 Å². The Labute approximate surface area is 165 Å². The molecule has 2 rings (SSSR count). The Bertz CT molecular complexity index is 551. The minimum absolute atomic E-state index is 0.0614. The highest BCUT2D eigenvalue weighted by Crippen LogP contribution is 2.14. The van der Waals surface area contributed by atoms with Crippen molar-refractivity contribution in [2.24, 2.45) is 0 Å². The first-order valence-electron chi connectivity index (χ1n) is 9.66. The number of rotatable bonds is 8. The molecule has 0 spiro atoms. The van der Waals surface area contributed by atoms with Crippen molar-refractivity contribution >= 4 is 35.1 Å². The molecule has 2 heterocycles. The van der Waals surface area contributed by atoms with Gasteiger partial charge in [0.15, 0.2) is 5.11 Å². The quantitative estimate of drug-likeness (QED) is 0.355. The lowest BCUT2D eigenvalue weighted by molar-refractivity contribution is -0.150. The number of piperazine rings is 1. The Kier molecular flexibility index (Phi) is 8.93. The van der Waals surface area contributed by atoms with Gasteiger partial charge in [0.1, 0.15) is 12.6 Å². The van der Waals surface area contributed by atoms with Gasteiger partial charge in [-0.25, -0.2) is 0 Å². The van der Waals surface area contributed by atoms with Crippen molar-refractivity contribution in [3.8, 4) is 0 Å². The maximum atomic E-state index is 12.2. The SMILES string of the molecule is CCCCCC(=O)NC(=S)N1CCNC(=O)C1CC(=O)OCC1CCCO1. The van der Waals surface area contributed by atoms with E-state index in [4.69, 9.17) is 21.7 Å². The van der Waals surface area contributed by atoms with Crippen LogP contribution in [0.3, 0.4) is 0 Å². The zero-order valence-electron chi connectivity index (χ0n) is 15.8. The maximum absolute atomic E-state index is 12.2. The van der Waals surface area contributed by atoms with E-state index in [1.54, 1.807) is 4.90 Å². The van der Waals surface area contributed by atoms with Crippen LogP contribution in [0.5, 0.6) is 0 Å². The average molecular weight is 400 g/mol. The fraction of sp³-hybridized carbons (Fsp3) is 0.778. The minimum atomic E-state index is -0.779. The summed E-state index contributed by atoms with van der Waals surface area (Å²) >= 11 is 5.31. The van der Waals surface area contributed by atoms with Crippen molar-refractivity contribution in [1.82, 2.24) is 15.5 Å². The lowest BCUT2D eigenvalue weighted by Crippen LogP contribution is -2.60. The Hall–Kier alpha value is -1.74. The molecule has 0 aromatic carbocycles. The van der Waals surface area contributed by atoms with Gasteiger partial charge in [0.05, 0.1) is 12.5 Å². The highest BCUT2D eigenvalue weighted by atomic mass is 32.1. The van der Waals surface area contributed by atoms with Gasteiger partial charge in [-0.15, -0.1) is 0 Å². The summed E-state index contributed by atoms with van der Waals surface area (Å²) in [5.41, 5.74) is 0. The lowest BCUT2D eigenvalue weighted by atomic mass is 10.1. The first-order chi connectivity index (χ1) is 13.0. The third kappa shape index (κ3) is 7.06. The van der Waals surface area contributed by atoms with E-state index in [2.05, 4.69) is 17.6 Å². The van der Waals surface area contributed by atoms with Gasteiger partial charge in [-0.05, 0) is 31.5 Å². The largest absolute Gasteiger partial charge is 0.463 e. The number of carbonyl (C=O) groups is 3. The summed E-state index contributed by atoms with van der Waals surface area (Å²) in [6.07, 6.45) is 4.85. The Morgan fingerprint density at radius 1 is 1.41 bits per heavy atom. The second-order valence-electron chi connectivity index (χ2n) is 6.83. The van der Waals surface area contributed by atoms with Crippen LogP contribution in [0.15, 0.2) is 0 Å². The van der Waals surface area contributed by atoms with Crippen molar-refractivity contribution in [3.05, 3.63) is 0 Å². The third-order valence-electron chi connectivity index (χ3n) is 4.66. The molecular formula is C18H29N3O5S. The van der Waals surface area contributed by atoms with Crippen LogP contribution < -0.4 is 10.6 Å². The number of nitrogens with zero attached hydrogens (tertiary/aromatic N) is 1. The fourth-order valence-electron chi connectivity index (χ4n) is 3.13. The normalized spacial score (nSPS) is 22.3. The number of unbranched alkanes of at least 4 members (excludes halogenated alkanes) is 2. The average Bonchev–Trinajstić information content (AvgIpc) is 3.15. The number of carbonyl (C=O) groups excluding carboxylic acids is 3. The third-order valence-corrected chi connectivity index (χ3v) is 5.00. The Morgan fingerprint density at radius 3 is 2.93 bits per heavy atom. The van der Waals surface area contributed by atoms with E-state index in [1.807, 2.05) is 0 Å². The summed E-state index contributed by atoms with van der Waals surface area (Å²) in [6, 6.07) is -0.779. The predicted molar refractivity (Wildman–Crippen MR) is 103 cm³/mol. The predicted octanol–water partition coefficient (Wildman–Crippen LogP) is 0.881. The molecule has 0 saturated carbocycles. The van der Waals surface area contributed by atoms with Gasteiger partial charge in [0, 0.05) is 26.1 Å². The monoisotopic (exact) mass is 399 g/mol. The maximum Gasteiger partial charge on any atom is 0.308 e. The van der Waals surface area contributed by atoms with Crippen LogP contribution in [0, 0.1) is 0 Å². The van der Waals surface area contributed by atoms with Crippen LogP contribution in [0.25, 0.3) is 0 Å². The summed E-state index contributed by atoms with van der Waals surface area (Å²) in [5, 5.41) is 5.59. The number of ether oxygens (including phenoxy) is 2. The van der Waals surface area contributed by atoms with Gasteiger partial charge in [-0.2, -0.15) is 0 Å². The first-order valence-corrected chi connectivity index (χ1v) is 10.1. The molecule has 9 heteroatoms. The number of esters is 1. The van der Waals surface area contributed by atoms with Crippen molar-refractivity contribution in [3.63, 3.8) is 0 Å². The Morgan fingerprint density at radius 2 is 2.22 bits per heavy atom. The van der Waals surface area contributed by atoms with Crippen LogP contribution in [0.4, 0.5) is 0 Å². The second kappa shape index (κ2) is 11.2. The highest BCUT2D eigenvalue weighted by Gasteiger charge is 2.34. The number of hydrogen-bond donors (Lipinski definition) is 2. The molecular weight excluding hydrogens is 370 g/mol. The summed E-state index contributed by atoms with van der Waals surface area (Å²) in [4.78, 5) is 38.0. The molecule has 8 nitrogen and oxygen atoms in total. The molecule has 2 saturated heterocycles. The van der Waals surface area contributed by atoms with Gasteiger partial charge in [-0.1, -0.05) is 19.8 Å². The van der Waals surface area contributed by atoms with Crippen LogP contribution in [-0.2, 0) is 23.9 Å². The molecule has 0 aromatic rings. The summed E-state index contributed by atoms with van der Waals surface area (Å²) in [5.74, 6) is -0.938. The van der Waals surface area contributed by atoms with E-state index in [0.717, 1.165) is 32.1 Å². The highest BCUT2D eigenvalue weighted by molar-refractivity contribution is 7.80. The number of hydrogen-bond acceptors (Lipinski definition) is 6. The van der Waals surface area contributed by atoms with E-state index >= 15 is 0 Å². The molecule has 2 atom stereocenters. The van der Waals surface area contributed by atoms with E-state index in [-0.39, 0.29) is 36.1 Å². The van der Waals surface area contributed by atoms with Crippen LogP contribution in [0.1, 0.15) is 51.9 Å². The van der Waals surface area contributed by atoms with E-state index in [9.17, 15) is 14.4 Å². The van der Waals surface area contributed by atoms with Gasteiger partial charge in [-0.3, -0.25) is 14.4 Å². The number of nitrogens with one attached hydrogen (secondary N) is 2. The van der Waals surface area contributed by atoms with Gasteiger partial charge >= 0.3 is 5.97 Å². The Balaban J connectivity index is 1.85. The molecule has 2 fully saturated rings. The van der Waals surface area contributed by atoms with Crippen LogP contribution >= 0.6 is 12.2 Å². The van der Waals surface area contributed by atoms with Gasteiger partial charge < -0.3 is 25.0 Å². The minimum Gasteiger partial charge on any atom is -0.463 e. The summed E-state index contributed by atoms with van der Waals surface area (Å²) in [7, 11) is 0. The molecule has 0 bridgehead atoms. The molecule has 2 aliphatic heterocycles. The first kappa shape index (κ1) is 21.6. The molecule has 0 radical (unpaired) electrons. The molecule has 27 heavy (non-hydrogen) atoms. The number of thiocarbonyl (C=S) groups is 1. The van der Waals surface area contributed by atoms with Gasteiger partial charge in [0.25, 0.3) is 0 Å². The molecule has 2 aliphatic rings. The van der Waals surface area contributed by atoms with Crippen molar-refractivity contribution in [2.45, 2.75) is 64.0 Å². The molecule has 0 aromatic heterocycles. The molecule has 0 aliphatic carbocycles. The van der Waals surface area contributed by atoms with Crippen molar-refractivity contribution < 1.29 is 23.9 Å². The zero-order chi connectivity index (χ0) is 19.6. The zero-order valence-corrected chi connectivity index (χ0v) is 16.6. The summed E-state index contributed by atoms with van der Waals surface area (Å²) in [6.45, 7) is 3.80. The van der Waals surface area contributed by atoms with Crippen molar-refractivity contribution in [1.29, 1.82) is 0 Å².